The fourth-order valence-electron chi connectivity index (χ4n) is 2.65. The molecule has 0 aliphatic heterocycles. The Kier molecular flexibility index (Phi) is 5.74. The highest BCUT2D eigenvalue weighted by molar-refractivity contribution is 7.99. The first-order chi connectivity index (χ1) is 10.9. The van der Waals surface area contributed by atoms with E-state index in [1.807, 2.05) is 13.8 Å². The van der Waals surface area contributed by atoms with Crippen LogP contribution in [0.1, 0.15) is 50.9 Å². The Balaban J connectivity index is 1.96. The van der Waals surface area contributed by atoms with Crippen molar-refractivity contribution < 1.29 is 4.79 Å². The number of thioether (sulfide) groups is 1. The van der Waals surface area contributed by atoms with E-state index in [0.717, 1.165) is 43.1 Å². The second-order valence-corrected chi connectivity index (χ2v) is 7.44. The van der Waals surface area contributed by atoms with Crippen LogP contribution in [0.4, 0.5) is 0 Å². The van der Waals surface area contributed by atoms with Gasteiger partial charge in [0, 0.05) is 12.2 Å². The third-order valence-electron chi connectivity index (χ3n) is 4.52. The van der Waals surface area contributed by atoms with Crippen LogP contribution in [0.15, 0.2) is 5.16 Å². The van der Waals surface area contributed by atoms with E-state index in [9.17, 15) is 10.1 Å². The third-order valence-corrected chi connectivity index (χ3v) is 5.49. The molecule has 126 valence electrons. The summed E-state index contributed by atoms with van der Waals surface area (Å²) in [4.78, 5) is 16.8. The monoisotopic (exact) mass is 334 g/mol. The summed E-state index contributed by atoms with van der Waals surface area (Å²) in [7, 11) is 0. The molecule has 0 bridgehead atoms. The van der Waals surface area contributed by atoms with E-state index in [1.54, 1.807) is 0 Å². The van der Waals surface area contributed by atoms with Crippen molar-refractivity contribution in [2.24, 2.45) is 5.92 Å². The quantitative estimate of drug-likeness (QED) is 0.741. The number of imidazole rings is 1. The molecule has 5 nitrogen and oxygen atoms in total. The fraction of sp³-hybridized carbons (Fsp3) is 0.706. The van der Waals surface area contributed by atoms with Crippen LogP contribution in [-0.4, -0.2) is 26.8 Å². The fourth-order valence-corrected chi connectivity index (χ4v) is 3.57. The zero-order chi connectivity index (χ0) is 17.0. The van der Waals surface area contributed by atoms with E-state index in [0.29, 0.717) is 11.7 Å². The largest absolute Gasteiger partial charge is 0.337 e. The third kappa shape index (κ3) is 4.29. The van der Waals surface area contributed by atoms with Gasteiger partial charge in [-0.1, -0.05) is 25.1 Å². The highest BCUT2D eigenvalue weighted by Gasteiger charge is 2.42. The lowest BCUT2D eigenvalue weighted by Gasteiger charge is -2.22. The Labute approximate surface area is 142 Å². The Morgan fingerprint density at radius 1 is 1.52 bits per heavy atom. The molecule has 1 N–H and O–H groups in total. The standard InChI is InChI=1S/C17H26N4OS/c1-5-6-9-21-13(3)12(2)19-16(21)23-10-15(22)20-17(4,11-18)14-7-8-14/h14H,5-10H2,1-4H3,(H,20,22). The lowest BCUT2D eigenvalue weighted by Crippen LogP contribution is -2.47. The van der Waals surface area contributed by atoms with Crippen LogP contribution in [-0.2, 0) is 11.3 Å². The second-order valence-electron chi connectivity index (χ2n) is 6.50. The van der Waals surface area contributed by atoms with Gasteiger partial charge in [-0.15, -0.1) is 0 Å². The maximum Gasteiger partial charge on any atom is 0.231 e. The van der Waals surface area contributed by atoms with E-state index < -0.39 is 5.54 Å². The SMILES string of the molecule is CCCCn1c(SCC(=O)NC(C)(C#N)C2CC2)nc(C)c1C. The summed E-state index contributed by atoms with van der Waals surface area (Å²) in [5.74, 6) is 0.509. The molecule has 1 unspecified atom stereocenters. The van der Waals surface area contributed by atoms with Crippen LogP contribution in [0.3, 0.4) is 0 Å². The summed E-state index contributed by atoms with van der Waals surface area (Å²) in [6, 6.07) is 2.26. The number of aryl methyl sites for hydroxylation is 1. The van der Waals surface area contributed by atoms with Crippen LogP contribution < -0.4 is 5.32 Å². The van der Waals surface area contributed by atoms with Gasteiger partial charge in [-0.3, -0.25) is 4.79 Å². The minimum atomic E-state index is -0.721. The number of hydrogen-bond donors (Lipinski definition) is 1. The lowest BCUT2D eigenvalue weighted by molar-refractivity contribution is -0.119. The van der Waals surface area contributed by atoms with Crippen molar-refractivity contribution in [3.8, 4) is 6.07 Å². The predicted octanol–water partition coefficient (Wildman–Crippen LogP) is 3.20. The molecular weight excluding hydrogens is 308 g/mol. The maximum absolute atomic E-state index is 12.2. The number of unbranched alkanes of at least 4 members (excludes halogenated alkanes) is 1. The smallest absolute Gasteiger partial charge is 0.231 e. The number of aromatic nitrogens is 2. The summed E-state index contributed by atoms with van der Waals surface area (Å²) >= 11 is 1.45. The van der Waals surface area contributed by atoms with Crippen molar-refractivity contribution in [2.75, 3.05) is 5.75 Å². The number of nitrogens with zero attached hydrogens (tertiary/aromatic N) is 3. The Morgan fingerprint density at radius 2 is 2.22 bits per heavy atom. The molecule has 2 rings (SSSR count). The number of nitrogens with one attached hydrogen (secondary N) is 1. The average Bonchev–Trinajstić information content (AvgIpc) is 3.33. The predicted molar refractivity (Wildman–Crippen MR) is 92.2 cm³/mol. The highest BCUT2D eigenvalue weighted by atomic mass is 32.2. The van der Waals surface area contributed by atoms with Gasteiger partial charge in [0.1, 0.15) is 5.54 Å². The van der Waals surface area contributed by atoms with Crippen LogP contribution in [0.25, 0.3) is 0 Å². The van der Waals surface area contributed by atoms with Gasteiger partial charge in [0.2, 0.25) is 5.91 Å². The summed E-state index contributed by atoms with van der Waals surface area (Å²) < 4.78 is 2.20. The molecule has 23 heavy (non-hydrogen) atoms. The number of nitriles is 1. The summed E-state index contributed by atoms with van der Waals surface area (Å²) in [6.45, 7) is 9.00. The number of carbonyl (C=O) groups excluding carboxylic acids is 1. The molecule has 1 amide bonds. The van der Waals surface area contributed by atoms with E-state index in [4.69, 9.17) is 0 Å². The van der Waals surface area contributed by atoms with Crippen molar-refractivity contribution >= 4 is 17.7 Å². The molecule has 0 radical (unpaired) electrons. The van der Waals surface area contributed by atoms with Gasteiger partial charge in [-0.25, -0.2) is 4.98 Å². The summed E-state index contributed by atoms with van der Waals surface area (Å²) in [5, 5.41) is 13.1. The number of rotatable bonds is 8. The Hall–Kier alpha value is -1.48. The molecule has 1 atom stereocenters. The molecule has 1 aromatic rings. The first-order valence-electron chi connectivity index (χ1n) is 8.30. The van der Waals surface area contributed by atoms with Crippen LogP contribution in [0.5, 0.6) is 0 Å². The minimum absolute atomic E-state index is 0.0914. The zero-order valence-electron chi connectivity index (χ0n) is 14.5. The van der Waals surface area contributed by atoms with Gasteiger partial charge in [-0.2, -0.15) is 5.26 Å². The molecule has 0 aromatic carbocycles. The van der Waals surface area contributed by atoms with Crippen LogP contribution >= 0.6 is 11.8 Å². The molecule has 1 aliphatic rings. The van der Waals surface area contributed by atoms with E-state index in [1.165, 1.54) is 17.5 Å². The summed E-state index contributed by atoms with van der Waals surface area (Å²) in [5.41, 5.74) is 1.46. The zero-order valence-corrected chi connectivity index (χ0v) is 15.3. The molecule has 1 aromatic heterocycles. The summed E-state index contributed by atoms with van der Waals surface area (Å²) in [6.07, 6.45) is 4.28. The van der Waals surface area contributed by atoms with Crippen molar-refractivity contribution in [3.63, 3.8) is 0 Å². The minimum Gasteiger partial charge on any atom is -0.337 e. The van der Waals surface area contributed by atoms with Crippen LogP contribution in [0, 0.1) is 31.1 Å². The number of amides is 1. The molecule has 1 fully saturated rings. The van der Waals surface area contributed by atoms with E-state index in [2.05, 4.69) is 34.8 Å². The molecule has 0 saturated heterocycles. The highest BCUT2D eigenvalue weighted by Crippen LogP contribution is 2.39. The van der Waals surface area contributed by atoms with Crippen molar-refractivity contribution in [2.45, 2.75) is 70.6 Å². The molecule has 1 saturated carbocycles. The van der Waals surface area contributed by atoms with Gasteiger partial charge in [0.25, 0.3) is 0 Å². The lowest BCUT2D eigenvalue weighted by atomic mass is 9.98. The van der Waals surface area contributed by atoms with Gasteiger partial charge in [0.05, 0.1) is 17.5 Å². The topological polar surface area (TPSA) is 70.7 Å². The second kappa shape index (κ2) is 7.39. The molecular formula is C17H26N4OS. The molecule has 0 spiro atoms. The number of carbonyl (C=O) groups is 1. The van der Waals surface area contributed by atoms with E-state index in [-0.39, 0.29) is 5.91 Å². The first-order valence-corrected chi connectivity index (χ1v) is 9.28. The molecule has 1 aliphatic carbocycles. The van der Waals surface area contributed by atoms with Gasteiger partial charge in [0.15, 0.2) is 5.16 Å². The molecule has 1 heterocycles. The molecule has 6 heteroatoms. The average molecular weight is 334 g/mol. The Bertz CT molecular complexity index is 615. The van der Waals surface area contributed by atoms with E-state index >= 15 is 0 Å². The number of hydrogen-bond acceptors (Lipinski definition) is 4. The normalized spacial score (nSPS) is 16.7. The van der Waals surface area contributed by atoms with Crippen molar-refractivity contribution in [1.29, 1.82) is 5.26 Å². The van der Waals surface area contributed by atoms with Gasteiger partial charge < -0.3 is 9.88 Å². The van der Waals surface area contributed by atoms with Gasteiger partial charge >= 0.3 is 0 Å². The Morgan fingerprint density at radius 3 is 2.78 bits per heavy atom. The van der Waals surface area contributed by atoms with Gasteiger partial charge in [-0.05, 0) is 46.0 Å². The maximum atomic E-state index is 12.2. The van der Waals surface area contributed by atoms with Crippen LogP contribution in [0.2, 0.25) is 0 Å². The van der Waals surface area contributed by atoms with Crippen molar-refractivity contribution in [3.05, 3.63) is 11.4 Å². The van der Waals surface area contributed by atoms with Crippen molar-refractivity contribution in [1.82, 2.24) is 14.9 Å². The first kappa shape index (κ1) is 17.9.